The molecular weight excluding hydrogens is 587 g/mol. The molecule has 0 radical (unpaired) electrons. The summed E-state index contributed by atoms with van der Waals surface area (Å²) in [4.78, 5) is 39.5. The SMILES string of the molecule is COC(=O)c1cccc2[nH]cc(Cc3cccc(Cl)c3)c12.COC(=O)c1cccc2[nH]ccc12.O=Cc1cccc(Cl)c1. The van der Waals surface area contributed by atoms with E-state index in [-0.39, 0.29) is 11.9 Å². The molecule has 0 aliphatic carbocycles. The number of rotatable bonds is 5. The Balaban J connectivity index is 0.000000163. The molecule has 4 aromatic carbocycles. The number of esters is 2. The predicted octanol–water partition coefficient (Wildman–Crippen LogP) is 8.31. The van der Waals surface area contributed by atoms with Gasteiger partial charge >= 0.3 is 11.9 Å². The van der Waals surface area contributed by atoms with Crippen molar-refractivity contribution in [1.29, 1.82) is 0 Å². The minimum absolute atomic E-state index is 0.301. The van der Waals surface area contributed by atoms with E-state index in [9.17, 15) is 14.4 Å². The molecule has 43 heavy (non-hydrogen) atoms. The van der Waals surface area contributed by atoms with Crippen LogP contribution < -0.4 is 0 Å². The zero-order valence-electron chi connectivity index (χ0n) is 23.4. The van der Waals surface area contributed by atoms with Gasteiger partial charge in [-0.15, -0.1) is 0 Å². The van der Waals surface area contributed by atoms with E-state index in [1.54, 1.807) is 42.6 Å². The molecule has 218 valence electrons. The highest BCUT2D eigenvalue weighted by atomic mass is 35.5. The Morgan fingerprint density at radius 2 is 1.37 bits per heavy atom. The highest BCUT2D eigenvalue weighted by molar-refractivity contribution is 6.31. The zero-order valence-corrected chi connectivity index (χ0v) is 24.9. The molecule has 0 aliphatic heterocycles. The summed E-state index contributed by atoms with van der Waals surface area (Å²) in [5.41, 5.74) is 5.81. The largest absolute Gasteiger partial charge is 0.465 e. The van der Waals surface area contributed by atoms with Crippen LogP contribution in [-0.4, -0.2) is 42.4 Å². The average molecular weight is 616 g/mol. The van der Waals surface area contributed by atoms with Crippen LogP contribution in [0.25, 0.3) is 21.8 Å². The molecule has 6 aromatic rings. The van der Waals surface area contributed by atoms with Crippen LogP contribution in [0.5, 0.6) is 0 Å². The molecule has 2 N–H and O–H groups in total. The third-order valence-electron chi connectivity index (χ3n) is 6.46. The van der Waals surface area contributed by atoms with Gasteiger partial charge in [0, 0.05) is 49.8 Å². The van der Waals surface area contributed by atoms with Gasteiger partial charge in [-0.05, 0) is 72.1 Å². The van der Waals surface area contributed by atoms with Gasteiger partial charge in [0.15, 0.2) is 0 Å². The number of hydrogen-bond donors (Lipinski definition) is 2. The average Bonchev–Trinajstić information content (AvgIpc) is 3.68. The van der Waals surface area contributed by atoms with Crippen molar-refractivity contribution in [3.63, 3.8) is 0 Å². The highest BCUT2D eigenvalue weighted by Gasteiger charge is 2.15. The minimum atomic E-state index is -0.326. The molecule has 0 unspecified atom stereocenters. The molecule has 7 nitrogen and oxygen atoms in total. The second-order valence-corrected chi connectivity index (χ2v) is 10.1. The fraction of sp³-hybridized carbons (Fsp3) is 0.0882. The number of carbonyl (C=O) groups is 3. The number of aldehydes is 1. The number of methoxy groups -OCH3 is 2. The van der Waals surface area contributed by atoms with Gasteiger partial charge < -0.3 is 19.4 Å². The molecule has 6 rings (SSSR count). The van der Waals surface area contributed by atoms with Gasteiger partial charge in [0.1, 0.15) is 6.29 Å². The monoisotopic (exact) mass is 614 g/mol. The predicted molar refractivity (Wildman–Crippen MR) is 170 cm³/mol. The van der Waals surface area contributed by atoms with Crippen LogP contribution in [-0.2, 0) is 15.9 Å². The summed E-state index contributed by atoms with van der Waals surface area (Å²) in [7, 11) is 2.78. The molecule has 0 atom stereocenters. The molecule has 0 spiro atoms. The van der Waals surface area contributed by atoms with Gasteiger partial charge in [-0.3, -0.25) is 4.79 Å². The molecule has 0 fully saturated rings. The van der Waals surface area contributed by atoms with E-state index in [1.165, 1.54) is 14.2 Å². The Labute approximate surface area is 258 Å². The lowest BCUT2D eigenvalue weighted by atomic mass is 10.0. The quantitative estimate of drug-likeness (QED) is 0.150. The Morgan fingerprint density at radius 3 is 2.02 bits per heavy atom. The van der Waals surface area contributed by atoms with Crippen molar-refractivity contribution in [3.05, 3.63) is 141 Å². The number of halogens is 2. The Bertz CT molecular complexity index is 1880. The summed E-state index contributed by atoms with van der Waals surface area (Å²) in [6.07, 6.45) is 5.20. The maximum atomic E-state index is 11.9. The molecule has 0 saturated heterocycles. The normalized spacial score (nSPS) is 10.2. The first-order chi connectivity index (χ1) is 20.8. The number of nitrogens with one attached hydrogen (secondary N) is 2. The molecule has 9 heteroatoms. The molecule has 2 heterocycles. The van der Waals surface area contributed by atoms with Gasteiger partial charge in [0.05, 0.1) is 25.3 Å². The van der Waals surface area contributed by atoms with E-state index in [4.69, 9.17) is 27.9 Å². The molecule has 2 aromatic heterocycles. The van der Waals surface area contributed by atoms with E-state index in [1.807, 2.05) is 60.8 Å². The summed E-state index contributed by atoms with van der Waals surface area (Å²) in [5.74, 6) is -0.627. The number of H-pyrrole nitrogens is 2. The zero-order chi connectivity index (χ0) is 30.8. The third kappa shape index (κ3) is 7.92. The van der Waals surface area contributed by atoms with Crippen LogP contribution in [0.15, 0.2) is 103 Å². The van der Waals surface area contributed by atoms with E-state index in [0.717, 1.165) is 39.2 Å². The van der Waals surface area contributed by atoms with Gasteiger partial charge in [0.2, 0.25) is 0 Å². The second-order valence-electron chi connectivity index (χ2n) is 9.25. The van der Waals surface area contributed by atoms with Crippen LogP contribution in [0, 0.1) is 0 Å². The minimum Gasteiger partial charge on any atom is -0.465 e. The third-order valence-corrected chi connectivity index (χ3v) is 6.93. The van der Waals surface area contributed by atoms with Crippen LogP contribution in [0.3, 0.4) is 0 Å². The highest BCUT2D eigenvalue weighted by Crippen LogP contribution is 2.26. The Kier molecular flexibility index (Phi) is 10.7. The standard InChI is InChI=1S/C17H14ClNO2.C10H9NO2.C7H5ClO/c1-21-17(20)14-6-3-7-15-16(14)12(10-19-15)8-11-4-2-5-13(18)9-11;1-13-10(12)8-3-2-4-9-7(8)5-6-11-9;8-7-3-1-2-6(4-7)5-9/h2-7,9-10,19H,8H2,1H3;2-6,11H,1H3;1-5H. The fourth-order valence-electron chi connectivity index (χ4n) is 4.50. The van der Waals surface area contributed by atoms with E-state index >= 15 is 0 Å². The molecule has 0 aliphatic rings. The van der Waals surface area contributed by atoms with Crippen LogP contribution in [0.2, 0.25) is 10.0 Å². The lowest BCUT2D eigenvalue weighted by Gasteiger charge is -2.05. The second kappa shape index (κ2) is 14.9. The number of fused-ring (bicyclic) bond motifs is 2. The smallest absolute Gasteiger partial charge is 0.338 e. The van der Waals surface area contributed by atoms with Crippen molar-refractivity contribution in [3.8, 4) is 0 Å². The van der Waals surface area contributed by atoms with Gasteiger partial charge in [-0.25, -0.2) is 9.59 Å². The summed E-state index contributed by atoms with van der Waals surface area (Å²) in [5, 5.41) is 3.11. The molecule has 0 amide bonds. The van der Waals surface area contributed by atoms with E-state index < -0.39 is 0 Å². The Morgan fingerprint density at radius 1 is 0.744 bits per heavy atom. The number of aromatic nitrogens is 2. The lowest BCUT2D eigenvalue weighted by Crippen LogP contribution is -2.02. The van der Waals surface area contributed by atoms with E-state index in [0.29, 0.717) is 33.2 Å². The van der Waals surface area contributed by atoms with Gasteiger partial charge in [-0.1, -0.05) is 59.6 Å². The van der Waals surface area contributed by atoms with Crippen molar-refractivity contribution >= 4 is 63.2 Å². The summed E-state index contributed by atoms with van der Waals surface area (Å²) < 4.78 is 9.53. The van der Waals surface area contributed by atoms with Crippen LogP contribution >= 0.6 is 23.2 Å². The van der Waals surface area contributed by atoms with Crippen molar-refractivity contribution in [2.24, 2.45) is 0 Å². The topological polar surface area (TPSA) is 101 Å². The van der Waals surface area contributed by atoms with Crippen molar-refractivity contribution in [1.82, 2.24) is 9.97 Å². The number of aromatic amines is 2. The number of hydrogen-bond acceptors (Lipinski definition) is 5. The summed E-state index contributed by atoms with van der Waals surface area (Å²) in [6, 6.07) is 27.5. The van der Waals surface area contributed by atoms with Crippen LogP contribution in [0.1, 0.15) is 42.2 Å². The number of ether oxygens (including phenoxy) is 2. The first-order valence-electron chi connectivity index (χ1n) is 13.1. The van der Waals surface area contributed by atoms with Gasteiger partial charge in [0.25, 0.3) is 0 Å². The Hall–Kier alpha value is -4.85. The summed E-state index contributed by atoms with van der Waals surface area (Å²) in [6.45, 7) is 0. The first-order valence-corrected chi connectivity index (χ1v) is 13.9. The van der Waals surface area contributed by atoms with E-state index in [2.05, 4.69) is 14.7 Å². The maximum absolute atomic E-state index is 11.9. The first kappa shape index (κ1) is 31.1. The summed E-state index contributed by atoms with van der Waals surface area (Å²) >= 11 is 11.6. The van der Waals surface area contributed by atoms with Crippen LogP contribution in [0.4, 0.5) is 0 Å². The van der Waals surface area contributed by atoms with Crippen molar-refractivity contribution in [2.45, 2.75) is 6.42 Å². The number of carbonyl (C=O) groups excluding carboxylic acids is 3. The maximum Gasteiger partial charge on any atom is 0.338 e. The lowest BCUT2D eigenvalue weighted by molar-refractivity contribution is 0.0594. The fourth-order valence-corrected chi connectivity index (χ4v) is 4.91. The molecular formula is C34H28Cl2N2O5. The molecule has 0 saturated carbocycles. The van der Waals surface area contributed by atoms with Gasteiger partial charge in [-0.2, -0.15) is 0 Å². The molecule has 0 bridgehead atoms. The number of benzene rings is 4. The van der Waals surface area contributed by atoms with Crippen molar-refractivity contribution in [2.75, 3.05) is 14.2 Å². The van der Waals surface area contributed by atoms with Crippen molar-refractivity contribution < 1.29 is 23.9 Å².